The molecule has 5 aliphatic rings. The van der Waals surface area contributed by atoms with Gasteiger partial charge in [0.2, 0.25) is 5.79 Å². The number of hydrogen-bond acceptors (Lipinski definition) is 6. The van der Waals surface area contributed by atoms with Crippen LogP contribution in [0.3, 0.4) is 0 Å². The fourth-order valence-electron chi connectivity index (χ4n) is 4.51. The third-order valence-electron chi connectivity index (χ3n) is 5.44. The second-order valence-corrected chi connectivity index (χ2v) is 6.39. The van der Waals surface area contributed by atoms with Crippen molar-refractivity contribution in [3.8, 4) is 0 Å². The molecule has 0 bridgehead atoms. The van der Waals surface area contributed by atoms with E-state index >= 15 is 0 Å². The highest BCUT2D eigenvalue weighted by atomic mass is 16.8. The first-order valence-corrected chi connectivity index (χ1v) is 7.54. The van der Waals surface area contributed by atoms with Crippen LogP contribution in [0.15, 0.2) is 0 Å². The summed E-state index contributed by atoms with van der Waals surface area (Å²) < 4.78 is 29.2. The second-order valence-electron chi connectivity index (χ2n) is 6.39. The topological polar surface area (TPSA) is 66.5 Å². The lowest BCUT2D eigenvalue weighted by Gasteiger charge is -2.48. The Morgan fingerprint density at radius 3 is 2.65 bits per heavy atom. The van der Waals surface area contributed by atoms with E-state index in [-0.39, 0.29) is 30.0 Å². The van der Waals surface area contributed by atoms with Crippen molar-refractivity contribution in [2.45, 2.75) is 49.5 Å². The molecule has 0 amide bonds. The fourth-order valence-corrected chi connectivity index (χ4v) is 4.51. The summed E-state index contributed by atoms with van der Waals surface area (Å²) in [6.45, 7) is 1.64. The lowest BCUT2D eigenvalue weighted by molar-refractivity contribution is -0.393. The Balaban J connectivity index is 1.57. The summed E-state index contributed by atoms with van der Waals surface area (Å²) in [6, 6.07) is 0. The van der Waals surface area contributed by atoms with Crippen molar-refractivity contribution in [3.05, 3.63) is 0 Å². The molecule has 0 aromatic heterocycles. The molecule has 0 aromatic rings. The predicted octanol–water partition coefficient (Wildman–Crippen LogP) is 0.587. The van der Waals surface area contributed by atoms with Gasteiger partial charge in [-0.25, -0.2) is 0 Å². The predicted molar refractivity (Wildman–Crippen MR) is 63.5 cm³/mol. The molecule has 2 spiro atoms. The number of carbonyl (C=O) groups excluding carboxylic acids is 1. The van der Waals surface area contributed by atoms with E-state index in [0.717, 1.165) is 25.7 Å². The van der Waals surface area contributed by atoms with Gasteiger partial charge in [0.25, 0.3) is 5.79 Å². The first-order chi connectivity index (χ1) is 9.74. The van der Waals surface area contributed by atoms with Crippen LogP contribution in [0.1, 0.15) is 25.7 Å². The molecule has 1 saturated carbocycles. The van der Waals surface area contributed by atoms with E-state index in [1.165, 1.54) is 0 Å². The van der Waals surface area contributed by atoms with Gasteiger partial charge in [-0.1, -0.05) is 0 Å². The lowest BCUT2D eigenvalue weighted by atomic mass is 9.73. The van der Waals surface area contributed by atoms with Crippen LogP contribution in [0.5, 0.6) is 0 Å². The highest BCUT2D eigenvalue weighted by molar-refractivity contribution is 5.76. The third-order valence-corrected chi connectivity index (χ3v) is 5.44. The first kappa shape index (κ1) is 11.9. The number of carbonyl (C=O) groups is 1. The van der Waals surface area contributed by atoms with Crippen LogP contribution in [0.2, 0.25) is 0 Å². The molecule has 5 rings (SSSR count). The molecule has 110 valence electrons. The zero-order valence-corrected chi connectivity index (χ0v) is 11.2. The molecule has 0 aromatic carbocycles. The number of fused-ring (bicyclic) bond motifs is 4. The number of rotatable bonds is 0. The van der Waals surface area contributed by atoms with Crippen molar-refractivity contribution in [1.29, 1.82) is 0 Å². The highest BCUT2D eigenvalue weighted by Gasteiger charge is 2.74. The van der Waals surface area contributed by atoms with Gasteiger partial charge in [0.15, 0.2) is 0 Å². The smallest absolute Gasteiger partial charge is 0.312 e. The normalized spacial score (nSPS) is 51.9. The molecule has 0 radical (unpaired) electrons. The average molecular weight is 282 g/mol. The Hall–Kier alpha value is -0.690. The third kappa shape index (κ3) is 1.31. The largest absolute Gasteiger partial charge is 0.426 e. The Bertz CT molecular complexity index is 459. The molecule has 0 N–H and O–H groups in total. The number of epoxide rings is 1. The van der Waals surface area contributed by atoms with Crippen LogP contribution in [0.4, 0.5) is 0 Å². The van der Waals surface area contributed by atoms with Gasteiger partial charge in [-0.2, -0.15) is 0 Å². The maximum absolute atomic E-state index is 12.3. The highest BCUT2D eigenvalue weighted by Crippen LogP contribution is 2.59. The summed E-state index contributed by atoms with van der Waals surface area (Å²) in [4.78, 5) is 12.3. The summed E-state index contributed by atoms with van der Waals surface area (Å²) in [6.07, 6.45) is 3.62. The standard InChI is InChI=1S/C14H18O6/c15-12-8-6-10-11(19-10)7-9(8)14(20-12)13(2-1-3-18-14)16-4-5-17-13/h8-11H,1-7H2/t8-,9+,10-,11+,14+/m1/s1. The van der Waals surface area contributed by atoms with Gasteiger partial charge in [-0.15, -0.1) is 0 Å². The Morgan fingerprint density at radius 2 is 1.80 bits per heavy atom. The van der Waals surface area contributed by atoms with Crippen molar-refractivity contribution in [3.63, 3.8) is 0 Å². The van der Waals surface area contributed by atoms with Gasteiger partial charge in [0.1, 0.15) is 0 Å². The lowest BCUT2D eigenvalue weighted by Crippen LogP contribution is -2.63. The SMILES string of the molecule is O=C1O[C@@]2(OCCCC23OCCO3)[C@H]2C[C@@H]3O[C@@H]3C[C@@H]12. The molecule has 6 nitrogen and oxygen atoms in total. The van der Waals surface area contributed by atoms with E-state index in [1.807, 2.05) is 0 Å². The maximum Gasteiger partial charge on any atom is 0.312 e. The zero-order chi connectivity index (χ0) is 13.4. The van der Waals surface area contributed by atoms with Crippen LogP contribution in [-0.4, -0.2) is 49.6 Å². The minimum absolute atomic E-state index is 0.0165. The van der Waals surface area contributed by atoms with Crippen molar-refractivity contribution >= 4 is 5.97 Å². The molecule has 0 unspecified atom stereocenters. The molecule has 20 heavy (non-hydrogen) atoms. The Morgan fingerprint density at radius 1 is 1.00 bits per heavy atom. The minimum Gasteiger partial charge on any atom is -0.426 e. The van der Waals surface area contributed by atoms with Gasteiger partial charge >= 0.3 is 5.97 Å². The summed E-state index contributed by atoms with van der Waals surface area (Å²) in [5.41, 5.74) is 0. The average Bonchev–Trinajstić information content (AvgIpc) is 2.98. The molecule has 1 aliphatic carbocycles. The summed E-state index contributed by atoms with van der Waals surface area (Å²) in [5.74, 6) is -2.29. The van der Waals surface area contributed by atoms with Crippen LogP contribution >= 0.6 is 0 Å². The number of esters is 1. The monoisotopic (exact) mass is 282 g/mol. The van der Waals surface area contributed by atoms with Crippen molar-refractivity contribution in [1.82, 2.24) is 0 Å². The molecular weight excluding hydrogens is 264 g/mol. The number of ether oxygens (including phenoxy) is 5. The van der Waals surface area contributed by atoms with Crippen LogP contribution in [-0.2, 0) is 28.5 Å². The van der Waals surface area contributed by atoms with Gasteiger partial charge in [0, 0.05) is 12.3 Å². The maximum atomic E-state index is 12.3. The van der Waals surface area contributed by atoms with Gasteiger partial charge in [-0.3, -0.25) is 4.79 Å². The summed E-state index contributed by atoms with van der Waals surface area (Å²) >= 11 is 0. The molecule has 4 saturated heterocycles. The number of hydrogen-bond donors (Lipinski definition) is 0. The van der Waals surface area contributed by atoms with E-state index < -0.39 is 11.6 Å². The van der Waals surface area contributed by atoms with Gasteiger partial charge < -0.3 is 23.7 Å². The van der Waals surface area contributed by atoms with Crippen LogP contribution in [0.25, 0.3) is 0 Å². The molecule has 5 atom stereocenters. The molecule has 4 aliphatic heterocycles. The first-order valence-electron chi connectivity index (χ1n) is 7.54. The van der Waals surface area contributed by atoms with Gasteiger partial charge in [-0.05, 0) is 19.3 Å². The van der Waals surface area contributed by atoms with Crippen LogP contribution in [0, 0.1) is 11.8 Å². The summed E-state index contributed by atoms with van der Waals surface area (Å²) in [7, 11) is 0. The van der Waals surface area contributed by atoms with E-state index in [0.29, 0.717) is 19.8 Å². The van der Waals surface area contributed by atoms with Crippen molar-refractivity contribution in [2.24, 2.45) is 11.8 Å². The fraction of sp³-hybridized carbons (Fsp3) is 0.929. The minimum atomic E-state index is -1.06. The molecule has 5 fully saturated rings. The van der Waals surface area contributed by atoms with Crippen molar-refractivity contribution in [2.75, 3.05) is 19.8 Å². The van der Waals surface area contributed by atoms with Crippen molar-refractivity contribution < 1.29 is 28.5 Å². The summed E-state index contributed by atoms with van der Waals surface area (Å²) in [5, 5.41) is 0. The Labute approximate surface area is 116 Å². The molecular formula is C14H18O6. The molecule has 6 heteroatoms. The second kappa shape index (κ2) is 3.74. The van der Waals surface area contributed by atoms with Crippen LogP contribution < -0.4 is 0 Å². The quantitative estimate of drug-likeness (QED) is 0.478. The van der Waals surface area contributed by atoms with Gasteiger partial charge in [0.05, 0.1) is 37.9 Å². The van der Waals surface area contributed by atoms with E-state index in [1.54, 1.807) is 0 Å². The molecule has 4 heterocycles. The zero-order valence-electron chi connectivity index (χ0n) is 11.2. The van der Waals surface area contributed by atoms with E-state index in [9.17, 15) is 4.79 Å². The Kier molecular flexibility index (Phi) is 2.23. The van der Waals surface area contributed by atoms with E-state index in [2.05, 4.69) is 0 Å². The van der Waals surface area contributed by atoms with E-state index in [4.69, 9.17) is 23.7 Å².